The standard InChI is InChI=1S/C24H23N3OS2/c1-3-17-9-12-21-22(14-17)30-24(26-21)27(16-19-6-4-5-13-25-19)23(28)15-18-7-10-20(29-2)11-8-18/h4-14H,3,15-16H2,1-2H3. The average molecular weight is 434 g/mol. The number of carbonyl (C=O) groups is 1. The van der Waals surface area contributed by atoms with Crippen molar-refractivity contribution in [3.8, 4) is 0 Å². The SMILES string of the molecule is CCc1ccc2nc(N(Cc3ccccn3)C(=O)Cc3ccc(SC)cc3)sc2c1. The van der Waals surface area contributed by atoms with E-state index in [9.17, 15) is 4.79 Å². The maximum atomic E-state index is 13.3. The van der Waals surface area contributed by atoms with Gasteiger partial charge in [0.1, 0.15) is 0 Å². The van der Waals surface area contributed by atoms with Crippen molar-refractivity contribution < 1.29 is 4.79 Å². The lowest BCUT2D eigenvalue weighted by Gasteiger charge is -2.19. The molecule has 0 unspecified atom stereocenters. The van der Waals surface area contributed by atoms with E-state index in [1.807, 2.05) is 42.7 Å². The molecule has 0 aliphatic carbocycles. The van der Waals surface area contributed by atoms with E-state index in [2.05, 4.69) is 36.2 Å². The minimum Gasteiger partial charge on any atom is -0.282 e. The molecule has 0 atom stereocenters. The topological polar surface area (TPSA) is 46.1 Å². The van der Waals surface area contributed by atoms with Crippen LogP contribution in [0.1, 0.15) is 23.7 Å². The van der Waals surface area contributed by atoms with Gasteiger partial charge in [-0.15, -0.1) is 11.8 Å². The zero-order valence-corrected chi connectivity index (χ0v) is 18.7. The Morgan fingerprint density at radius 2 is 1.87 bits per heavy atom. The molecule has 2 heterocycles. The lowest BCUT2D eigenvalue weighted by Crippen LogP contribution is -2.32. The van der Waals surface area contributed by atoms with E-state index in [0.717, 1.165) is 33.0 Å². The molecule has 2 aromatic carbocycles. The van der Waals surface area contributed by atoms with Gasteiger partial charge in [0, 0.05) is 11.1 Å². The van der Waals surface area contributed by atoms with Crippen LogP contribution in [-0.4, -0.2) is 22.1 Å². The molecule has 0 aliphatic heterocycles. The fourth-order valence-corrected chi connectivity index (χ4v) is 4.68. The summed E-state index contributed by atoms with van der Waals surface area (Å²) < 4.78 is 1.10. The minimum atomic E-state index is 0.0207. The normalized spacial score (nSPS) is 11.0. The summed E-state index contributed by atoms with van der Waals surface area (Å²) in [6, 6.07) is 20.2. The molecular formula is C24H23N3OS2. The van der Waals surface area contributed by atoms with Gasteiger partial charge in [0.25, 0.3) is 0 Å². The first-order valence-electron chi connectivity index (χ1n) is 9.89. The Morgan fingerprint density at radius 3 is 2.57 bits per heavy atom. The predicted molar refractivity (Wildman–Crippen MR) is 126 cm³/mol. The number of aryl methyl sites for hydroxylation is 1. The van der Waals surface area contributed by atoms with Gasteiger partial charge in [-0.25, -0.2) is 4.98 Å². The third-order valence-electron chi connectivity index (χ3n) is 4.94. The summed E-state index contributed by atoms with van der Waals surface area (Å²) in [5, 5.41) is 0.717. The Labute approximate surface area is 185 Å². The summed E-state index contributed by atoms with van der Waals surface area (Å²) in [4.78, 5) is 25.5. The van der Waals surface area contributed by atoms with Crippen LogP contribution in [0.2, 0.25) is 0 Å². The number of thiazole rings is 1. The third kappa shape index (κ3) is 4.71. The summed E-state index contributed by atoms with van der Waals surface area (Å²) in [7, 11) is 0. The second kappa shape index (κ2) is 9.41. The first kappa shape index (κ1) is 20.6. The average Bonchev–Trinajstić information content (AvgIpc) is 3.21. The molecular weight excluding hydrogens is 410 g/mol. The first-order chi connectivity index (χ1) is 14.7. The second-order valence-electron chi connectivity index (χ2n) is 6.98. The van der Waals surface area contributed by atoms with Crippen LogP contribution in [0, 0.1) is 0 Å². The number of pyridine rings is 1. The van der Waals surface area contributed by atoms with Gasteiger partial charge in [-0.05, 0) is 60.2 Å². The van der Waals surface area contributed by atoms with Crippen LogP contribution in [0.15, 0.2) is 71.8 Å². The van der Waals surface area contributed by atoms with Crippen LogP contribution in [0.5, 0.6) is 0 Å². The number of anilines is 1. The highest BCUT2D eigenvalue weighted by Gasteiger charge is 2.21. The molecule has 2 aromatic heterocycles. The molecule has 4 nitrogen and oxygen atoms in total. The number of thioether (sulfide) groups is 1. The number of amides is 1. The molecule has 0 saturated carbocycles. The van der Waals surface area contributed by atoms with Crippen molar-refractivity contribution in [3.05, 3.63) is 83.7 Å². The molecule has 0 aliphatic rings. The van der Waals surface area contributed by atoms with Gasteiger partial charge in [0.05, 0.1) is 28.9 Å². The third-order valence-corrected chi connectivity index (χ3v) is 6.73. The molecule has 1 amide bonds. The summed E-state index contributed by atoms with van der Waals surface area (Å²) in [6.07, 6.45) is 5.11. The number of carbonyl (C=O) groups excluding carboxylic acids is 1. The molecule has 4 rings (SSSR count). The zero-order valence-electron chi connectivity index (χ0n) is 17.0. The number of hydrogen-bond acceptors (Lipinski definition) is 5. The van der Waals surface area contributed by atoms with Gasteiger partial charge in [0.2, 0.25) is 5.91 Å². The zero-order chi connectivity index (χ0) is 20.9. The fraction of sp³-hybridized carbons (Fsp3) is 0.208. The maximum absolute atomic E-state index is 13.3. The lowest BCUT2D eigenvalue weighted by molar-refractivity contribution is -0.118. The highest BCUT2D eigenvalue weighted by atomic mass is 32.2. The Kier molecular flexibility index (Phi) is 6.45. The van der Waals surface area contributed by atoms with Crippen molar-refractivity contribution in [2.75, 3.05) is 11.2 Å². The Balaban J connectivity index is 1.65. The van der Waals surface area contributed by atoms with Crippen molar-refractivity contribution in [3.63, 3.8) is 0 Å². The van der Waals surface area contributed by atoms with Crippen molar-refractivity contribution in [2.24, 2.45) is 0 Å². The van der Waals surface area contributed by atoms with Gasteiger partial charge < -0.3 is 0 Å². The monoisotopic (exact) mass is 433 g/mol. The molecule has 4 aromatic rings. The lowest BCUT2D eigenvalue weighted by atomic mass is 10.1. The highest BCUT2D eigenvalue weighted by molar-refractivity contribution is 7.98. The quantitative estimate of drug-likeness (QED) is 0.348. The summed E-state index contributed by atoms with van der Waals surface area (Å²) in [5.74, 6) is 0.0207. The number of aromatic nitrogens is 2. The summed E-state index contributed by atoms with van der Waals surface area (Å²) in [6.45, 7) is 2.55. The number of rotatable bonds is 7. The largest absolute Gasteiger partial charge is 0.282 e. The number of benzene rings is 2. The van der Waals surface area contributed by atoms with Crippen molar-refractivity contribution in [2.45, 2.75) is 31.2 Å². The van der Waals surface area contributed by atoms with Crippen LogP contribution >= 0.6 is 23.1 Å². The Morgan fingerprint density at radius 1 is 1.07 bits per heavy atom. The van der Waals surface area contributed by atoms with Crippen LogP contribution < -0.4 is 4.90 Å². The molecule has 0 spiro atoms. The number of fused-ring (bicyclic) bond motifs is 1. The van der Waals surface area contributed by atoms with Gasteiger partial charge in [-0.1, -0.05) is 42.5 Å². The van der Waals surface area contributed by atoms with Crippen molar-refractivity contribution in [1.82, 2.24) is 9.97 Å². The van der Waals surface area contributed by atoms with E-state index in [1.54, 1.807) is 34.2 Å². The van der Waals surface area contributed by atoms with E-state index in [-0.39, 0.29) is 5.91 Å². The second-order valence-corrected chi connectivity index (χ2v) is 8.87. The van der Waals surface area contributed by atoms with E-state index < -0.39 is 0 Å². The van der Waals surface area contributed by atoms with E-state index >= 15 is 0 Å². The van der Waals surface area contributed by atoms with E-state index in [1.165, 1.54) is 10.5 Å². The maximum Gasteiger partial charge on any atom is 0.233 e. The Hall–Kier alpha value is -2.70. The van der Waals surface area contributed by atoms with Crippen LogP contribution in [0.4, 0.5) is 5.13 Å². The minimum absolute atomic E-state index is 0.0207. The van der Waals surface area contributed by atoms with E-state index in [0.29, 0.717) is 13.0 Å². The highest BCUT2D eigenvalue weighted by Crippen LogP contribution is 2.31. The fourth-order valence-electron chi connectivity index (χ4n) is 3.22. The molecule has 152 valence electrons. The van der Waals surface area contributed by atoms with Gasteiger partial charge in [-0.2, -0.15) is 0 Å². The molecule has 6 heteroatoms. The Bertz CT molecular complexity index is 1140. The molecule has 0 bridgehead atoms. The molecule has 30 heavy (non-hydrogen) atoms. The van der Waals surface area contributed by atoms with Crippen molar-refractivity contribution >= 4 is 44.4 Å². The molecule has 0 saturated heterocycles. The van der Waals surface area contributed by atoms with E-state index in [4.69, 9.17) is 4.98 Å². The van der Waals surface area contributed by atoms with Gasteiger partial charge in [-0.3, -0.25) is 14.7 Å². The van der Waals surface area contributed by atoms with Crippen molar-refractivity contribution in [1.29, 1.82) is 0 Å². The smallest absolute Gasteiger partial charge is 0.233 e. The predicted octanol–water partition coefficient (Wildman–Crippen LogP) is 5.75. The summed E-state index contributed by atoms with van der Waals surface area (Å²) in [5.41, 5.74) is 4.04. The van der Waals surface area contributed by atoms with Crippen LogP contribution in [0.3, 0.4) is 0 Å². The molecule has 0 fully saturated rings. The van der Waals surface area contributed by atoms with Crippen LogP contribution in [-0.2, 0) is 24.2 Å². The van der Waals surface area contributed by atoms with Gasteiger partial charge >= 0.3 is 0 Å². The van der Waals surface area contributed by atoms with Gasteiger partial charge in [0.15, 0.2) is 5.13 Å². The molecule has 0 N–H and O–H groups in total. The first-order valence-corrected chi connectivity index (χ1v) is 11.9. The summed E-state index contributed by atoms with van der Waals surface area (Å²) >= 11 is 3.26. The number of hydrogen-bond donors (Lipinski definition) is 0. The number of nitrogens with zero attached hydrogens (tertiary/aromatic N) is 3. The molecule has 0 radical (unpaired) electrons. The van der Waals surface area contributed by atoms with Crippen LogP contribution in [0.25, 0.3) is 10.2 Å².